The largest absolute Gasteiger partial charge is 0.363 e. The van der Waals surface area contributed by atoms with Crippen molar-refractivity contribution in [2.75, 3.05) is 69.6 Å². The second-order valence-electron chi connectivity index (χ2n) is 8.57. The number of benzene rings is 2. The Morgan fingerprint density at radius 2 is 1.60 bits per heavy atom. The molecule has 10 heteroatoms. The third-order valence-corrected chi connectivity index (χ3v) is 6.29. The van der Waals surface area contributed by atoms with Gasteiger partial charge in [0.1, 0.15) is 5.69 Å². The topological polar surface area (TPSA) is 111 Å². The lowest BCUT2D eigenvalue weighted by Crippen LogP contribution is -2.44. The number of nitrogens with zero attached hydrogens (tertiary/aromatic N) is 4. The Labute approximate surface area is 206 Å². The van der Waals surface area contributed by atoms with Crippen LogP contribution in [0.3, 0.4) is 0 Å². The summed E-state index contributed by atoms with van der Waals surface area (Å²) in [5, 5.41) is 17.4. The van der Waals surface area contributed by atoms with E-state index in [2.05, 4.69) is 34.3 Å². The molecule has 0 saturated carbocycles. The first-order valence-electron chi connectivity index (χ1n) is 12.0. The Hall–Kier alpha value is -3.50. The highest BCUT2D eigenvalue weighted by molar-refractivity contribution is 6.05. The molecule has 2 aromatic rings. The van der Waals surface area contributed by atoms with Gasteiger partial charge in [0.2, 0.25) is 0 Å². The third kappa shape index (κ3) is 7.00. The van der Waals surface area contributed by atoms with Gasteiger partial charge in [0.05, 0.1) is 4.92 Å². The molecule has 1 heterocycles. The summed E-state index contributed by atoms with van der Waals surface area (Å²) in [6.45, 7) is 10.4. The van der Waals surface area contributed by atoms with Gasteiger partial charge < -0.3 is 25.3 Å². The van der Waals surface area contributed by atoms with Gasteiger partial charge in [0.15, 0.2) is 0 Å². The minimum atomic E-state index is -0.450. The maximum Gasteiger partial charge on any atom is 0.293 e. The number of nitrogens with one attached hydrogen (secondary N) is 2. The Balaban J connectivity index is 1.62. The highest BCUT2D eigenvalue weighted by atomic mass is 16.6. The van der Waals surface area contributed by atoms with Crippen molar-refractivity contribution in [1.29, 1.82) is 0 Å². The summed E-state index contributed by atoms with van der Waals surface area (Å²) in [5.74, 6) is -0.625. The maximum atomic E-state index is 12.8. The molecule has 10 nitrogen and oxygen atoms in total. The summed E-state index contributed by atoms with van der Waals surface area (Å²) < 4.78 is 0. The molecule has 1 aliphatic heterocycles. The molecular weight excluding hydrogens is 448 g/mol. The van der Waals surface area contributed by atoms with Crippen molar-refractivity contribution in [3.05, 3.63) is 63.7 Å². The zero-order chi connectivity index (χ0) is 25.4. The lowest BCUT2D eigenvalue weighted by molar-refractivity contribution is -0.384. The molecular formula is C25H34N6O4. The molecule has 2 amide bonds. The molecule has 188 valence electrons. The summed E-state index contributed by atoms with van der Waals surface area (Å²) in [6, 6.07) is 11.1. The predicted molar refractivity (Wildman–Crippen MR) is 137 cm³/mol. The molecule has 0 bridgehead atoms. The van der Waals surface area contributed by atoms with Crippen LogP contribution >= 0.6 is 0 Å². The zero-order valence-corrected chi connectivity index (χ0v) is 20.6. The first kappa shape index (κ1) is 26.1. The number of likely N-dealkylation sites (N-methyl/N-ethyl adjacent to an activating group) is 2. The van der Waals surface area contributed by atoms with Crippen molar-refractivity contribution in [2.45, 2.75) is 13.8 Å². The number of piperazine rings is 1. The molecule has 3 rings (SSSR count). The number of hydrogen-bond acceptors (Lipinski definition) is 7. The van der Waals surface area contributed by atoms with Crippen molar-refractivity contribution in [3.8, 4) is 0 Å². The van der Waals surface area contributed by atoms with Crippen LogP contribution in [0, 0.1) is 10.1 Å². The SMILES string of the molecule is CCN(CC)CCNC(=O)c1ccc(NC(=O)c2ccc(N3CCN(C)CC3)c([N+](=O)[O-])c2)cc1. The van der Waals surface area contributed by atoms with Gasteiger partial charge in [-0.2, -0.15) is 0 Å². The smallest absolute Gasteiger partial charge is 0.293 e. The zero-order valence-electron chi connectivity index (χ0n) is 20.6. The van der Waals surface area contributed by atoms with Gasteiger partial charge in [-0.15, -0.1) is 0 Å². The Kier molecular flexibility index (Phi) is 9.16. The van der Waals surface area contributed by atoms with Crippen molar-refractivity contribution in [3.63, 3.8) is 0 Å². The van der Waals surface area contributed by atoms with Gasteiger partial charge in [-0.25, -0.2) is 0 Å². The number of nitro benzene ring substituents is 1. The highest BCUT2D eigenvalue weighted by Crippen LogP contribution is 2.30. The number of nitro groups is 1. The molecule has 0 spiro atoms. The second kappa shape index (κ2) is 12.3. The summed E-state index contributed by atoms with van der Waals surface area (Å²) in [7, 11) is 2.02. The van der Waals surface area contributed by atoms with Crippen LogP contribution < -0.4 is 15.5 Å². The van der Waals surface area contributed by atoms with Crippen LogP contribution in [0.4, 0.5) is 17.1 Å². The number of carbonyl (C=O) groups excluding carboxylic acids is 2. The molecule has 0 unspecified atom stereocenters. The van der Waals surface area contributed by atoms with Crippen LogP contribution in [-0.2, 0) is 0 Å². The fourth-order valence-corrected chi connectivity index (χ4v) is 4.00. The quantitative estimate of drug-likeness (QED) is 0.396. The molecule has 0 aliphatic carbocycles. The predicted octanol–water partition coefficient (Wildman–Crippen LogP) is 2.67. The van der Waals surface area contributed by atoms with Crippen LogP contribution in [0.15, 0.2) is 42.5 Å². The lowest BCUT2D eigenvalue weighted by Gasteiger charge is -2.33. The molecule has 1 fully saturated rings. The Bertz CT molecular complexity index is 1030. The van der Waals surface area contributed by atoms with E-state index in [1.807, 2.05) is 11.9 Å². The van der Waals surface area contributed by atoms with Gasteiger partial charge in [0.25, 0.3) is 17.5 Å². The van der Waals surface area contributed by atoms with Gasteiger partial charge in [-0.05, 0) is 56.5 Å². The van der Waals surface area contributed by atoms with E-state index in [4.69, 9.17) is 0 Å². The second-order valence-corrected chi connectivity index (χ2v) is 8.57. The van der Waals surface area contributed by atoms with Crippen molar-refractivity contribution >= 4 is 28.9 Å². The first-order valence-corrected chi connectivity index (χ1v) is 12.0. The summed E-state index contributed by atoms with van der Waals surface area (Å²) in [6.07, 6.45) is 0. The van der Waals surface area contributed by atoms with Gasteiger partial charge in [-0.3, -0.25) is 19.7 Å². The van der Waals surface area contributed by atoms with E-state index in [1.165, 1.54) is 6.07 Å². The summed E-state index contributed by atoms with van der Waals surface area (Å²) in [4.78, 5) is 42.7. The van der Waals surface area contributed by atoms with E-state index in [0.29, 0.717) is 36.6 Å². The minimum absolute atomic E-state index is 0.0843. The minimum Gasteiger partial charge on any atom is -0.363 e. The van der Waals surface area contributed by atoms with Crippen LogP contribution in [0.5, 0.6) is 0 Å². The van der Waals surface area contributed by atoms with Crippen LogP contribution in [0.25, 0.3) is 0 Å². The van der Waals surface area contributed by atoms with Gasteiger partial charge in [-0.1, -0.05) is 13.8 Å². The van der Waals surface area contributed by atoms with Crippen molar-refractivity contribution in [1.82, 2.24) is 15.1 Å². The van der Waals surface area contributed by atoms with Crippen molar-refractivity contribution in [2.24, 2.45) is 0 Å². The average Bonchev–Trinajstić information content (AvgIpc) is 2.87. The molecule has 35 heavy (non-hydrogen) atoms. The highest BCUT2D eigenvalue weighted by Gasteiger charge is 2.24. The molecule has 2 N–H and O–H groups in total. The van der Waals surface area contributed by atoms with E-state index in [1.54, 1.807) is 36.4 Å². The molecule has 1 saturated heterocycles. The van der Waals surface area contributed by atoms with E-state index >= 15 is 0 Å². The lowest BCUT2D eigenvalue weighted by atomic mass is 10.1. The monoisotopic (exact) mass is 482 g/mol. The van der Waals surface area contributed by atoms with Crippen LogP contribution in [0.2, 0.25) is 0 Å². The van der Waals surface area contributed by atoms with E-state index in [-0.39, 0.29) is 17.2 Å². The molecule has 0 atom stereocenters. The third-order valence-electron chi connectivity index (χ3n) is 6.29. The maximum absolute atomic E-state index is 12.8. The molecule has 2 aromatic carbocycles. The van der Waals surface area contributed by atoms with Gasteiger partial charge >= 0.3 is 0 Å². The number of anilines is 2. The number of rotatable bonds is 10. The fraction of sp³-hybridized carbons (Fsp3) is 0.440. The Morgan fingerprint density at radius 3 is 2.20 bits per heavy atom. The summed E-state index contributed by atoms with van der Waals surface area (Å²) in [5.41, 5.74) is 1.64. The van der Waals surface area contributed by atoms with Gasteiger partial charge in [0, 0.05) is 62.1 Å². The normalized spacial score (nSPS) is 14.1. The van der Waals surface area contributed by atoms with Crippen LogP contribution in [0.1, 0.15) is 34.6 Å². The van der Waals surface area contributed by atoms with E-state index < -0.39 is 10.8 Å². The number of hydrogen-bond donors (Lipinski definition) is 2. The average molecular weight is 483 g/mol. The van der Waals surface area contributed by atoms with E-state index in [9.17, 15) is 19.7 Å². The molecule has 0 radical (unpaired) electrons. The number of amides is 2. The molecule has 0 aromatic heterocycles. The standard InChI is InChI=1S/C25H34N6O4/c1-4-29(5-2)13-12-26-24(32)19-6-9-21(10-7-19)27-25(33)20-8-11-22(23(18-20)31(34)35)30-16-14-28(3)15-17-30/h6-11,18H,4-5,12-17H2,1-3H3,(H,26,32)(H,27,33). The van der Waals surface area contributed by atoms with Crippen LogP contribution in [-0.4, -0.2) is 85.9 Å². The van der Waals surface area contributed by atoms with E-state index in [0.717, 1.165) is 32.7 Å². The van der Waals surface area contributed by atoms with Crippen molar-refractivity contribution < 1.29 is 14.5 Å². The molecule has 1 aliphatic rings. The summed E-state index contributed by atoms with van der Waals surface area (Å²) >= 11 is 0. The fourth-order valence-electron chi connectivity index (χ4n) is 4.00. The Morgan fingerprint density at radius 1 is 0.971 bits per heavy atom. The number of carbonyl (C=O) groups is 2. The first-order chi connectivity index (χ1) is 16.8.